The highest BCUT2D eigenvalue weighted by atomic mass is 35.5. The molecule has 0 spiro atoms. The maximum Gasteiger partial charge on any atom is 0.419 e. The average molecular weight is 382 g/mol. The maximum atomic E-state index is 12.0. The summed E-state index contributed by atoms with van der Waals surface area (Å²) < 4.78 is 5.28. The smallest absolute Gasteiger partial charge is 0.388 e. The van der Waals surface area contributed by atoms with Gasteiger partial charge in [0.25, 0.3) is 5.88 Å². The molecule has 0 radical (unpaired) electrons. The van der Waals surface area contributed by atoms with Crippen molar-refractivity contribution >= 4 is 56.9 Å². The Labute approximate surface area is 150 Å². The number of ether oxygens (including phenoxy) is 1. The van der Waals surface area contributed by atoms with E-state index in [0.29, 0.717) is 16.0 Å². The fourth-order valence-electron chi connectivity index (χ4n) is 1.81. The van der Waals surface area contributed by atoms with Crippen LogP contribution >= 0.6 is 34.3 Å². The van der Waals surface area contributed by atoms with E-state index in [1.54, 1.807) is 23.7 Å². The Morgan fingerprint density at radius 2 is 2.12 bits per heavy atom. The molecule has 0 saturated heterocycles. The third-order valence-corrected chi connectivity index (χ3v) is 4.57. The number of hydrogen-bond donors (Lipinski definition) is 2. The molecule has 0 saturated carbocycles. The zero-order chi connectivity index (χ0) is 17.1. The summed E-state index contributed by atoms with van der Waals surface area (Å²) in [6.45, 7) is 3.68. The molecule has 7 nitrogen and oxygen atoms in total. The van der Waals surface area contributed by atoms with Gasteiger partial charge in [-0.25, -0.2) is 19.7 Å². The van der Waals surface area contributed by atoms with E-state index >= 15 is 0 Å². The van der Waals surface area contributed by atoms with Gasteiger partial charge < -0.3 is 10.1 Å². The predicted molar refractivity (Wildman–Crippen MR) is 95.9 cm³/mol. The van der Waals surface area contributed by atoms with Gasteiger partial charge in [-0.15, -0.1) is 11.3 Å². The molecular weight excluding hydrogens is 370 g/mol. The van der Waals surface area contributed by atoms with E-state index in [0.717, 1.165) is 15.7 Å². The lowest BCUT2D eigenvalue weighted by Crippen LogP contribution is -2.17. The fraction of sp³-hybridized carbons (Fsp3) is 0.143. The van der Waals surface area contributed by atoms with Crippen molar-refractivity contribution in [2.24, 2.45) is 0 Å². The van der Waals surface area contributed by atoms with Gasteiger partial charge in [0.15, 0.2) is 5.00 Å². The number of carbonyl (C=O) groups is 1. The third kappa shape index (κ3) is 4.19. The number of carbonyl (C=O) groups excluding carboxylic acids is 1. The van der Waals surface area contributed by atoms with Crippen LogP contribution in [0.4, 0.5) is 21.3 Å². The van der Waals surface area contributed by atoms with E-state index < -0.39 is 6.09 Å². The summed E-state index contributed by atoms with van der Waals surface area (Å²) in [6.07, 6.45) is 0.928. The molecule has 10 heteroatoms. The first kappa shape index (κ1) is 16.6. The van der Waals surface area contributed by atoms with E-state index in [1.165, 1.54) is 22.7 Å². The molecule has 124 valence electrons. The topological polar surface area (TPSA) is 89.0 Å². The van der Waals surface area contributed by atoms with Gasteiger partial charge in [-0.3, -0.25) is 5.32 Å². The van der Waals surface area contributed by atoms with Gasteiger partial charge >= 0.3 is 6.09 Å². The van der Waals surface area contributed by atoms with Crippen molar-refractivity contribution in [1.29, 1.82) is 0 Å². The molecule has 0 aliphatic heterocycles. The molecular formula is C14H12ClN5O2S2. The van der Waals surface area contributed by atoms with Crippen molar-refractivity contribution in [1.82, 2.24) is 15.0 Å². The highest BCUT2D eigenvalue weighted by molar-refractivity contribution is 7.16. The number of nitrogens with zero attached hydrogens (tertiary/aromatic N) is 3. The number of aryl methyl sites for hydroxylation is 2. The highest BCUT2D eigenvalue weighted by Crippen LogP contribution is 2.34. The van der Waals surface area contributed by atoms with E-state index in [4.69, 9.17) is 16.3 Å². The van der Waals surface area contributed by atoms with Crippen LogP contribution in [0, 0.1) is 13.8 Å². The van der Waals surface area contributed by atoms with Gasteiger partial charge in [0.05, 0.1) is 10.0 Å². The Bertz CT molecular complexity index is 880. The number of amides is 1. The number of anilines is 3. The summed E-state index contributed by atoms with van der Waals surface area (Å²) in [5, 5.41) is 9.99. The third-order valence-electron chi connectivity index (χ3n) is 2.73. The van der Waals surface area contributed by atoms with E-state index in [9.17, 15) is 4.79 Å². The molecule has 2 N–H and O–H groups in total. The van der Waals surface area contributed by atoms with Crippen LogP contribution in [-0.4, -0.2) is 21.0 Å². The second kappa shape index (κ2) is 7.12. The lowest BCUT2D eigenvalue weighted by Gasteiger charge is -2.07. The first-order valence-electron chi connectivity index (χ1n) is 6.76. The molecule has 3 aromatic rings. The van der Waals surface area contributed by atoms with Gasteiger partial charge in [-0.1, -0.05) is 22.9 Å². The van der Waals surface area contributed by atoms with Crippen LogP contribution in [0.25, 0.3) is 0 Å². The van der Waals surface area contributed by atoms with Crippen molar-refractivity contribution < 1.29 is 9.53 Å². The van der Waals surface area contributed by atoms with E-state index in [-0.39, 0.29) is 5.88 Å². The molecule has 3 heterocycles. The van der Waals surface area contributed by atoms with Crippen LogP contribution in [0.5, 0.6) is 5.88 Å². The molecule has 0 aliphatic carbocycles. The summed E-state index contributed by atoms with van der Waals surface area (Å²) in [5.74, 6) is 0.639. The first-order valence-corrected chi connectivity index (χ1v) is 8.84. The molecule has 0 atom stereocenters. The van der Waals surface area contributed by atoms with Gasteiger partial charge in [0.2, 0.25) is 0 Å². The number of aromatic nitrogens is 3. The average Bonchev–Trinajstić information content (AvgIpc) is 3.05. The summed E-state index contributed by atoms with van der Waals surface area (Å²) in [7, 11) is 0. The van der Waals surface area contributed by atoms with Gasteiger partial charge in [-0.2, -0.15) is 0 Å². The first-order chi connectivity index (χ1) is 11.5. The fourth-order valence-corrected chi connectivity index (χ4v) is 3.29. The van der Waals surface area contributed by atoms with Crippen LogP contribution in [0.3, 0.4) is 0 Å². The Morgan fingerprint density at radius 3 is 2.83 bits per heavy atom. The Balaban J connectivity index is 1.72. The number of halogens is 1. The molecule has 1 amide bonds. The second-order valence-corrected chi connectivity index (χ2v) is 7.28. The largest absolute Gasteiger partial charge is 0.419 e. The molecule has 3 rings (SSSR count). The molecule has 24 heavy (non-hydrogen) atoms. The molecule has 0 aromatic carbocycles. The van der Waals surface area contributed by atoms with Crippen LogP contribution in [0.2, 0.25) is 5.15 Å². The minimum absolute atomic E-state index is 0.190. The number of nitrogens with one attached hydrogen (secondary N) is 2. The minimum Gasteiger partial charge on any atom is -0.388 e. The number of thiazole rings is 2. The highest BCUT2D eigenvalue weighted by Gasteiger charge is 2.16. The maximum absolute atomic E-state index is 12.0. The lowest BCUT2D eigenvalue weighted by atomic mass is 10.4. The zero-order valence-electron chi connectivity index (χ0n) is 12.7. The minimum atomic E-state index is -0.651. The molecule has 3 aromatic heterocycles. The number of rotatable bonds is 4. The summed E-state index contributed by atoms with van der Waals surface area (Å²) >= 11 is 8.67. The SMILES string of the molecule is Cc1nc(NC(=O)Oc2nc(C)sc2Nc2ccnc(Cl)c2)cs1. The summed E-state index contributed by atoms with van der Waals surface area (Å²) in [5.41, 5.74) is 0.721. The molecule has 0 aliphatic rings. The standard InChI is InChI=1S/C14H12ClN5O2S2/c1-7-17-11(6-23-7)20-14(21)22-12-13(24-8(2)18-12)19-9-3-4-16-10(15)5-9/h3-6H,1-2H3,(H,16,19)(H,20,21). The predicted octanol–water partition coefficient (Wildman–Crippen LogP) is 4.62. The Morgan fingerprint density at radius 1 is 1.29 bits per heavy atom. The monoisotopic (exact) mass is 381 g/mol. The van der Waals surface area contributed by atoms with Crippen molar-refractivity contribution in [3.63, 3.8) is 0 Å². The van der Waals surface area contributed by atoms with Gasteiger partial charge in [-0.05, 0) is 26.0 Å². The van der Waals surface area contributed by atoms with Gasteiger partial charge in [0.1, 0.15) is 11.0 Å². The van der Waals surface area contributed by atoms with Crippen LogP contribution in [0.15, 0.2) is 23.7 Å². The lowest BCUT2D eigenvalue weighted by molar-refractivity contribution is 0.214. The Hall–Kier alpha value is -2.23. The van der Waals surface area contributed by atoms with Crippen LogP contribution in [0.1, 0.15) is 10.0 Å². The van der Waals surface area contributed by atoms with Gasteiger partial charge in [0, 0.05) is 17.3 Å². The summed E-state index contributed by atoms with van der Waals surface area (Å²) in [6, 6.07) is 3.42. The van der Waals surface area contributed by atoms with Crippen molar-refractivity contribution in [3.8, 4) is 5.88 Å². The molecule has 0 bridgehead atoms. The van der Waals surface area contributed by atoms with Crippen LogP contribution < -0.4 is 15.4 Å². The quantitative estimate of drug-likeness (QED) is 0.641. The van der Waals surface area contributed by atoms with E-state index in [1.807, 2.05) is 13.8 Å². The van der Waals surface area contributed by atoms with Crippen molar-refractivity contribution in [2.45, 2.75) is 13.8 Å². The summed E-state index contributed by atoms with van der Waals surface area (Å²) in [4.78, 5) is 24.3. The van der Waals surface area contributed by atoms with Crippen molar-refractivity contribution in [2.75, 3.05) is 10.6 Å². The zero-order valence-corrected chi connectivity index (χ0v) is 15.1. The van der Waals surface area contributed by atoms with E-state index in [2.05, 4.69) is 25.6 Å². The Kier molecular flexibility index (Phi) is 4.93. The molecule has 0 fully saturated rings. The number of hydrogen-bond acceptors (Lipinski definition) is 8. The normalized spacial score (nSPS) is 10.5. The van der Waals surface area contributed by atoms with Crippen molar-refractivity contribution in [3.05, 3.63) is 38.9 Å². The number of pyridine rings is 1. The molecule has 0 unspecified atom stereocenters. The van der Waals surface area contributed by atoms with Crippen LogP contribution in [-0.2, 0) is 0 Å². The second-order valence-electron chi connectivity index (χ2n) is 4.63.